The minimum absolute atomic E-state index is 0.0163. The van der Waals surface area contributed by atoms with E-state index in [0.717, 1.165) is 22.6 Å². The third-order valence-electron chi connectivity index (χ3n) is 6.28. The molecule has 3 heterocycles. The van der Waals surface area contributed by atoms with Crippen molar-refractivity contribution in [2.75, 3.05) is 5.32 Å². The average molecular weight is 418 g/mol. The highest BCUT2D eigenvalue weighted by Gasteiger charge is 2.26. The number of rotatable bonds is 4. The number of nitrogens with zero attached hydrogens (tertiary/aromatic N) is 1. The molecule has 1 unspecified atom stereocenters. The Bertz CT molecular complexity index is 1440. The number of ether oxygens (including phenoxy) is 1. The molecule has 0 bridgehead atoms. The molecule has 0 spiro atoms. The summed E-state index contributed by atoms with van der Waals surface area (Å²) in [4.78, 5) is 7.93. The second-order valence-corrected chi connectivity index (χ2v) is 8.24. The molecule has 2 aromatic heterocycles. The number of benzene rings is 3. The Morgan fingerprint density at radius 3 is 2.72 bits per heavy atom. The van der Waals surface area contributed by atoms with E-state index in [2.05, 4.69) is 101 Å². The zero-order valence-corrected chi connectivity index (χ0v) is 17.8. The molecule has 5 aromatic rings. The van der Waals surface area contributed by atoms with Crippen molar-refractivity contribution < 1.29 is 4.74 Å². The largest absolute Gasteiger partial charge is 0.489 e. The maximum Gasteiger partial charge on any atom is 0.138 e. The average Bonchev–Trinajstić information content (AvgIpc) is 3.20. The number of anilines is 1. The monoisotopic (exact) mass is 417 g/mol. The summed E-state index contributed by atoms with van der Waals surface area (Å²) in [6, 6.07) is 27.3. The van der Waals surface area contributed by atoms with Gasteiger partial charge in [-0.25, -0.2) is 4.98 Å². The molecule has 0 fully saturated rings. The van der Waals surface area contributed by atoms with Crippen molar-refractivity contribution in [2.45, 2.75) is 19.6 Å². The standard InChI is InChI=1S/C28H23N3O/c1-18-7-2-3-8-20(18)17-32-21-10-6-9-19(15-21)27-24-16-30-28-26(24)23(13-14-29-28)22-11-4-5-12-25(22)31-27/h2-16,27,31H,17H2,1H3,(H,29,30). The molecule has 3 aromatic carbocycles. The van der Waals surface area contributed by atoms with Crippen molar-refractivity contribution in [2.24, 2.45) is 0 Å². The number of nitrogens with one attached hydrogen (secondary N) is 2. The SMILES string of the molecule is Cc1ccccc1COc1cccc(C2Nc3ccccc3-c3ccnc4[nH]cc2c34)c1. The number of fused-ring (bicyclic) bond motifs is 2. The molecular formula is C28H23N3O. The van der Waals surface area contributed by atoms with Gasteiger partial charge in [-0.15, -0.1) is 0 Å². The molecule has 0 saturated carbocycles. The van der Waals surface area contributed by atoms with Crippen molar-refractivity contribution in [3.63, 3.8) is 0 Å². The van der Waals surface area contributed by atoms with Crippen molar-refractivity contribution in [3.05, 3.63) is 114 Å². The van der Waals surface area contributed by atoms with Crippen LogP contribution in [0.25, 0.3) is 22.2 Å². The first-order chi connectivity index (χ1) is 15.8. The van der Waals surface area contributed by atoms with Gasteiger partial charge in [0.15, 0.2) is 0 Å². The number of aryl methyl sites for hydroxylation is 1. The summed E-state index contributed by atoms with van der Waals surface area (Å²) in [7, 11) is 0. The van der Waals surface area contributed by atoms with Crippen LogP contribution in [-0.4, -0.2) is 9.97 Å². The molecule has 1 atom stereocenters. The minimum atomic E-state index is -0.0163. The maximum atomic E-state index is 6.18. The van der Waals surface area contributed by atoms with Crippen molar-refractivity contribution >= 4 is 16.7 Å². The van der Waals surface area contributed by atoms with E-state index in [1.165, 1.54) is 33.2 Å². The van der Waals surface area contributed by atoms with Crippen LogP contribution < -0.4 is 10.1 Å². The lowest BCUT2D eigenvalue weighted by Crippen LogP contribution is -2.11. The smallest absolute Gasteiger partial charge is 0.138 e. The number of aromatic nitrogens is 2. The zero-order chi connectivity index (χ0) is 21.5. The van der Waals surface area contributed by atoms with Gasteiger partial charge in [-0.2, -0.15) is 0 Å². The van der Waals surface area contributed by atoms with Gasteiger partial charge in [-0.3, -0.25) is 0 Å². The first-order valence-corrected chi connectivity index (χ1v) is 10.9. The summed E-state index contributed by atoms with van der Waals surface area (Å²) >= 11 is 0. The molecule has 156 valence electrons. The second-order valence-electron chi connectivity index (χ2n) is 8.24. The summed E-state index contributed by atoms with van der Waals surface area (Å²) in [5.41, 5.74) is 9.20. The predicted octanol–water partition coefficient (Wildman–Crippen LogP) is 6.63. The molecule has 4 nitrogen and oxygen atoms in total. The number of para-hydroxylation sites is 1. The maximum absolute atomic E-state index is 6.18. The molecule has 32 heavy (non-hydrogen) atoms. The Morgan fingerprint density at radius 1 is 0.906 bits per heavy atom. The third-order valence-corrected chi connectivity index (χ3v) is 6.28. The molecule has 2 N–H and O–H groups in total. The van der Waals surface area contributed by atoms with Gasteiger partial charge < -0.3 is 15.0 Å². The Morgan fingerprint density at radius 2 is 1.78 bits per heavy atom. The van der Waals surface area contributed by atoms with E-state index < -0.39 is 0 Å². The minimum Gasteiger partial charge on any atom is -0.489 e. The van der Waals surface area contributed by atoms with E-state index in [9.17, 15) is 0 Å². The molecular weight excluding hydrogens is 394 g/mol. The van der Waals surface area contributed by atoms with Crippen LogP contribution in [0.2, 0.25) is 0 Å². The van der Waals surface area contributed by atoms with Crippen LogP contribution in [0.15, 0.2) is 91.3 Å². The van der Waals surface area contributed by atoms with E-state index >= 15 is 0 Å². The lowest BCUT2D eigenvalue weighted by Gasteiger charge is -2.20. The zero-order valence-electron chi connectivity index (χ0n) is 17.8. The van der Waals surface area contributed by atoms with Crippen LogP contribution in [0.4, 0.5) is 5.69 Å². The highest BCUT2D eigenvalue weighted by molar-refractivity contribution is 6.01. The van der Waals surface area contributed by atoms with Crippen LogP contribution in [-0.2, 0) is 6.61 Å². The Kier molecular flexibility index (Phi) is 4.43. The predicted molar refractivity (Wildman–Crippen MR) is 129 cm³/mol. The van der Waals surface area contributed by atoms with Gasteiger partial charge >= 0.3 is 0 Å². The molecule has 6 rings (SSSR count). The molecule has 0 radical (unpaired) electrons. The molecule has 0 saturated heterocycles. The molecule has 0 aliphatic carbocycles. The Balaban J connectivity index is 1.41. The first kappa shape index (κ1) is 18.7. The first-order valence-electron chi connectivity index (χ1n) is 10.9. The van der Waals surface area contributed by atoms with Crippen molar-refractivity contribution in [1.82, 2.24) is 9.97 Å². The van der Waals surface area contributed by atoms with E-state index in [1.807, 2.05) is 12.3 Å². The van der Waals surface area contributed by atoms with E-state index in [1.54, 1.807) is 0 Å². The fourth-order valence-corrected chi connectivity index (χ4v) is 4.59. The fraction of sp³-hybridized carbons (Fsp3) is 0.107. The van der Waals surface area contributed by atoms with Crippen molar-refractivity contribution in [1.29, 1.82) is 0 Å². The highest BCUT2D eigenvalue weighted by Crippen LogP contribution is 2.43. The highest BCUT2D eigenvalue weighted by atomic mass is 16.5. The van der Waals surface area contributed by atoms with Crippen LogP contribution >= 0.6 is 0 Å². The molecule has 1 aliphatic rings. The van der Waals surface area contributed by atoms with Gasteiger partial charge in [-0.05, 0) is 53.4 Å². The van der Waals surface area contributed by atoms with Crippen LogP contribution in [0.5, 0.6) is 5.75 Å². The fourth-order valence-electron chi connectivity index (χ4n) is 4.59. The lowest BCUT2D eigenvalue weighted by atomic mass is 9.97. The van der Waals surface area contributed by atoms with Gasteiger partial charge in [-0.1, -0.05) is 54.6 Å². The number of aromatic amines is 1. The third kappa shape index (κ3) is 3.12. The van der Waals surface area contributed by atoms with E-state index in [0.29, 0.717) is 6.61 Å². The van der Waals surface area contributed by atoms with Gasteiger partial charge in [0.2, 0.25) is 0 Å². The van der Waals surface area contributed by atoms with Gasteiger partial charge in [0.25, 0.3) is 0 Å². The van der Waals surface area contributed by atoms with Crippen molar-refractivity contribution in [3.8, 4) is 16.9 Å². The summed E-state index contributed by atoms with van der Waals surface area (Å²) in [6.45, 7) is 2.67. The number of pyridine rings is 1. The molecule has 1 aliphatic heterocycles. The summed E-state index contributed by atoms with van der Waals surface area (Å²) in [6.07, 6.45) is 3.95. The Labute approximate surface area is 186 Å². The number of H-pyrrole nitrogens is 1. The summed E-state index contributed by atoms with van der Waals surface area (Å²) < 4.78 is 6.18. The second kappa shape index (κ2) is 7.57. The van der Waals surface area contributed by atoms with Gasteiger partial charge in [0.1, 0.15) is 18.0 Å². The summed E-state index contributed by atoms with van der Waals surface area (Å²) in [5.74, 6) is 0.864. The van der Waals surface area contributed by atoms with Crippen LogP contribution in [0.3, 0.4) is 0 Å². The lowest BCUT2D eigenvalue weighted by molar-refractivity contribution is 0.305. The van der Waals surface area contributed by atoms with Gasteiger partial charge in [0, 0.05) is 34.6 Å². The Hall–Kier alpha value is -4.05. The summed E-state index contributed by atoms with van der Waals surface area (Å²) in [5, 5.41) is 4.94. The quantitative estimate of drug-likeness (QED) is 0.345. The number of hydrogen-bond donors (Lipinski definition) is 2. The molecule has 0 amide bonds. The van der Waals surface area contributed by atoms with Gasteiger partial charge in [0.05, 0.1) is 6.04 Å². The van der Waals surface area contributed by atoms with E-state index in [-0.39, 0.29) is 6.04 Å². The molecule has 4 heteroatoms. The normalized spacial score (nSPS) is 14.5. The number of hydrogen-bond acceptors (Lipinski definition) is 3. The van der Waals surface area contributed by atoms with E-state index in [4.69, 9.17) is 4.74 Å². The topological polar surface area (TPSA) is 49.9 Å². The van der Waals surface area contributed by atoms with Crippen LogP contribution in [0, 0.1) is 6.92 Å². The van der Waals surface area contributed by atoms with Crippen LogP contribution in [0.1, 0.15) is 28.3 Å².